The fourth-order valence-electron chi connectivity index (χ4n) is 2.05. The maximum Gasteiger partial charge on any atom is 0.146 e. The Bertz CT molecular complexity index is 718. The first-order valence-electron chi connectivity index (χ1n) is 6.15. The van der Waals surface area contributed by atoms with Crippen LogP contribution in [-0.4, -0.2) is 9.97 Å². The van der Waals surface area contributed by atoms with Crippen molar-refractivity contribution in [2.24, 2.45) is 0 Å². The van der Waals surface area contributed by atoms with Gasteiger partial charge in [-0.15, -0.1) is 0 Å². The van der Waals surface area contributed by atoms with Gasteiger partial charge in [-0.05, 0) is 30.7 Å². The molecule has 0 bridgehead atoms. The molecule has 0 fully saturated rings. The topological polar surface area (TPSA) is 63.9 Å². The minimum absolute atomic E-state index is 0.400. The average molecular weight is 253 g/mol. The Kier molecular flexibility index (Phi) is 2.83. The molecule has 4 heteroatoms. The molecular formula is C15H15N3O. The number of rotatable bonds is 3. The number of H-pyrrole nitrogens is 1. The van der Waals surface area contributed by atoms with Crippen molar-refractivity contribution in [3.8, 4) is 5.75 Å². The van der Waals surface area contributed by atoms with Crippen molar-refractivity contribution in [3.05, 3.63) is 53.9 Å². The van der Waals surface area contributed by atoms with E-state index in [4.69, 9.17) is 10.5 Å². The largest absolute Gasteiger partial charge is 0.486 e. The Morgan fingerprint density at radius 1 is 1.21 bits per heavy atom. The number of nitrogens with zero attached hydrogens (tertiary/aromatic N) is 1. The predicted molar refractivity (Wildman–Crippen MR) is 76.0 cm³/mol. The molecule has 4 nitrogen and oxygen atoms in total. The van der Waals surface area contributed by atoms with Crippen LogP contribution in [0.5, 0.6) is 5.75 Å². The lowest BCUT2D eigenvalue weighted by Crippen LogP contribution is -1.97. The van der Waals surface area contributed by atoms with Crippen molar-refractivity contribution < 1.29 is 4.74 Å². The maximum atomic E-state index is 5.71. The summed E-state index contributed by atoms with van der Waals surface area (Å²) < 4.78 is 5.67. The molecule has 1 heterocycles. The van der Waals surface area contributed by atoms with Gasteiger partial charge in [0.25, 0.3) is 0 Å². The normalized spacial score (nSPS) is 10.8. The molecule has 0 amide bonds. The van der Waals surface area contributed by atoms with Crippen LogP contribution in [0.4, 0.5) is 5.69 Å². The molecular weight excluding hydrogens is 238 g/mol. The van der Waals surface area contributed by atoms with Crippen molar-refractivity contribution in [2.75, 3.05) is 5.73 Å². The van der Waals surface area contributed by atoms with E-state index < -0.39 is 0 Å². The monoisotopic (exact) mass is 253 g/mol. The van der Waals surface area contributed by atoms with E-state index in [-0.39, 0.29) is 0 Å². The van der Waals surface area contributed by atoms with Crippen LogP contribution in [0.2, 0.25) is 0 Å². The van der Waals surface area contributed by atoms with E-state index >= 15 is 0 Å². The van der Waals surface area contributed by atoms with Crippen LogP contribution >= 0.6 is 0 Å². The summed E-state index contributed by atoms with van der Waals surface area (Å²) in [6.45, 7) is 2.45. The van der Waals surface area contributed by atoms with Gasteiger partial charge in [0.1, 0.15) is 18.2 Å². The molecule has 0 saturated heterocycles. The van der Waals surface area contributed by atoms with Crippen LogP contribution < -0.4 is 10.5 Å². The van der Waals surface area contributed by atoms with Gasteiger partial charge >= 0.3 is 0 Å². The number of hydrogen-bond donors (Lipinski definition) is 2. The highest BCUT2D eigenvalue weighted by Crippen LogP contribution is 2.18. The first-order chi connectivity index (χ1) is 9.22. The highest BCUT2D eigenvalue weighted by molar-refractivity contribution is 5.78. The van der Waals surface area contributed by atoms with Gasteiger partial charge in [0.15, 0.2) is 0 Å². The van der Waals surface area contributed by atoms with Gasteiger partial charge in [0, 0.05) is 11.8 Å². The number of aromatic nitrogens is 2. The molecule has 0 atom stereocenters. The maximum absolute atomic E-state index is 5.71. The van der Waals surface area contributed by atoms with Crippen molar-refractivity contribution >= 4 is 16.7 Å². The van der Waals surface area contributed by atoms with Crippen molar-refractivity contribution in [1.82, 2.24) is 9.97 Å². The summed E-state index contributed by atoms with van der Waals surface area (Å²) in [6, 6.07) is 13.5. The van der Waals surface area contributed by atoms with Gasteiger partial charge in [0.2, 0.25) is 0 Å². The second-order valence-electron chi connectivity index (χ2n) is 4.52. The summed E-state index contributed by atoms with van der Waals surface area (Å²) >= 11 is 0. The highest BCUT2D eigenvalue weighted by atomic mass is 16.5. The highest BCUT2D eigenvalue weighted by Gasteiger charge is 2.05. The predicted octanol–water partition coefficient (Wildman–Crippen LogP) is 3.03. The van der Waals surface area contributed by atoms with Crippen LogP contribution in [0, 0.1) is 6.92 Å². The molecule has 0 aliphatic heterocycles. The molecule has 19 heavy (non-hydrogen) atoms. The zero-order chi connectivity index (χ0) is 13.2. The molecule has 3 rings (SSSR count). The molecule has 96 valence electrons. The number of fused-ring (bicyclic) bond motifs is 1. The second-order valence-corrected chi connectivity index (χ2v) is 4.52. The number of hydrogen-bond acceptors (Lipinski definition) is 3. The smallest absolute Gasteiger partial charge is 0.146 e. The molecule has 0 saturated carbocycles. The molecule has 1 aromatic heterocycles. The average Bonchev–Trinajstić information content (AvgIpc) is 2.81. The SMILES string of the molecule is Cc1cccc2[nH]c(COc3cccc(N)c3)nc12. The van der Waals surface area contributed by atoms with Gasteiger partial charge in [0.05, 0.1) is 11.0 Å². The number of imidazole rings is 1. The lowest BCUT2D eigenvalue weighted by atomic mass is 10.2. The Balaban J connectivity index is 1.80. The Hall–Kier alpha value is -2.49. The van der Waals surface area contributed by atoms with Crippen molar-refractivity contribution in [3.63, 3.8) is 0 Å². The summed E-state index contributed by atoms with van der Waals surface area (Å²) in [5.74, 6) is 1.56. The summed E-state index contributed by atoms with van der Waals surface area (Å²) in [5.41, 5.74) is 9.58. The fraction of sp³-hybridized carbons (Fsp3) is 0.133. The number of ether oxygens (including phenoxy) is 1. The molecule has 0 aliphatic carbocycles. The second kappa shape index (κ2) is 4.65. The van der Waals surface area contributed by atoms with Crippen LogP contribution in [0.15, 0.2) is 42.5 Å². The number of aromatic amines is 1. The van der Waals surface area contributed by atoms with Gasteiger partial charge < -0.3 is 15.5 Å². The Morgan fingerprint density at radius 3 is 2.84 bits per heavy atom. The van der Waals surface area contributed by atoms with E-state index in [1.165, 1.54) is 0 Å². The molecule has 0 radical (unpaired) electrons. The number of nitrogen functional groups attached to an aromatic ring is 1. The van der Waals surface area contributed by atoms with Crippen LogP contribution in [0.1, 0.15) is 11.4 Å². The summed E-state index contributed by atoms with van der Waals surface area (Å²) in [5, 5.41) is 0. The molecule has 2 aromatic carbocycles. The number of aryl methyl sites for hydroxylation is 1. The number of anilines is 1. The first kappa shape index (κ1) is 11.6. The third-order valence-corrected chi connectivity index (χ3v) is 3.00. The van der Waals surface area contributed by atoms with Gasteiger partial charge in [-0.2, -0.15) is 0 Å². The standard InChI is InChI=1S/C15H15N3O/c1-10-4-2-7-13-15(10)18-14(17-13)9-19-12-6-3-5-11(16)8-12/h2-8H,9,16H2,1H3,(H,17,18). The molecule has 0 aliphatic rings. The number of nitrogens with one attached hydrogen (secondary N) is 1. The van der Waals surface area contributed by atoms with Crippen LogP contribution in [0.3, 0.4) is 0 Å². The van der Waals surface area contributed by atoms with E-state index in [1.54, 1.807) is 6.07 Å². The number of para-hydroxylation sites is 1. The number of benzene rings is 2. The molecule has 0 spiro atoms. The third kappa shape index (κ3) is 2.38. The molecule has 3 aromatic rings. The quantitative estimate of drug-likeness (QED) is 0.705. The van der Waals surface area contributed by atoms with E-state index in [2.05, 4.69) is 9.97 Å². The summed E-state index contributed by atoms with van der Waals surface area (Å²) in [7, 11) is 0. The third-order valence-electron chi connectivity index (χ3n) is 3.00. The minimum atomic E-state index is 0.400. The zero-order valence-electron chi connectivity index (χ0n) is 10.7. The lowest BCUT2D eigenvalue weighted by molar-refractivity contribution is 0.297. The van der Waals surface area contributed by atoms with Crippen molar-refractivity contribution in [1.29, 1.82) is 0 Å². The van der Waals surface area contributed by atoms with Crippen LogP contribution in [0.25, 0.3) is 11.0 Å². The Morgan fingerprint density at radius 2 is 2.05 bits per heavy atom. The zero-order valence-corrected chi connectivity index (χ0v) is 10.7. The van der Waals surface area contributed by atoms with E-state index in [0.717, 1.165) is 28.2 Å². The van der Waals surface area contributed by atoms with Crippen molar-refractivity contribution in [2.45, 2.75) is 13.5 Å². The summed E-state index contributed by atoms with van der Waals surface area (Å²) in [4.78, 5) is 7.79. The van der Waals surface area contributed by atoms with E-state index in [9.17, 15) is 0 Å². The van der Waals surface area contributed by atoms with E-state index in [1.807, 2.05) is 43.3 Å². The molecule has 0 unspecified atom stereocenters. The Labute approximate surface area is 111 Å². The number of nitrogens with two attached hydrogens (primary N) is 1. The molecule has 3 N–H and O–H groups in total. The van der Waals surface area contributed by atoms with Gasteiger partial charge in [-0.3, -0.25) is 0 Å². The van der Waals surface area contributed by atoms with Crippen LogP contribution in [-0.2, 0) is 6.61 Å². The van der Waals surface area contributed by atoms with Gasteiger partial charge in [-0.1, -0.05) is 18.2 Å². The summed E-state index contributed by atoms with van der Waals surface area (Å²) in [6.07, 6.45) is 0. The lowest BCUT2D eigenvalue weighted by Gasteiger charge is -2.04. The minimum Gasteiger partial charge on any atom is -0.486 e. The first-order valence-corrected chi connectivity index (χ1v) is 6.15. The van der Waals surface area contributed by atoms with E-state index in [0.29, 0.717) is 12.3 Å². The van der Waals surface area contributed by atoms with Gasteiger partial charge in [-0.25, -0.2) is 4.98 Å². The fourth-order valence-corrected chi connectivity index (χ4v) is 2.05.